The van der Waals surface area contributed by atoms with Crippen molar-refractivity contribution in [1.82, 2.24) is 5.32 Å². The van der Waals surface area contributed by atoms with Crippen LogP contribution >= 0.6 is 11.6 Å². The van der Waals surface area contributed by atoms with Crippen LogP contribution in [0.5, 0.6) is 0 Å². The van der Waals surface area contributed by atoms with Gasteiger partial charge in [-0.2, -0.15) is 0 Å². The predicted octanol–water partition coefficient (Wildman–Crippen LogP) is 1.47. The smallest absolute Gasteiger partial charge is 0.225 e. The van der Waals surface area contributed by atoms with Crippen molar-refractivity contribution in [2.45, 2.75) is 5.56 Å². The molecule has 0 saturated carbocycles. The molecule has 1 saturated heterocycles. The minimum atomic E-state index is -0.553. The Morgan fingerprint density at radius 1 is 1.47 bits per heavy atom. The van der Waals surface area contributed by atoms with E-state index in [1.54, 1.807) is 0 Å². The van der Waals surface area contributed by atoms with E-state index < -0.39 is 5.56 Å². The van der Waals surface area contributed by atoms with Gasteiger partial charge in [0, 0.05) is 31.1 Å². The molecule has 5 heteroatoms. The van der Waals surface area contributed by atoms with Crippen LogP contribution in [0.4, 0.5) is 0 Å². The zero-order valence-corrected chi connectivity index (χ0v) is 10.2. The number of alkyl halides is 1. The van der Waals surface area contributed by atoms with Crippen LogP contribution in [0.25, 0.3) is 0 Å². The summed E-state index contributed by atoms with van der Waals surface area (Å²) in [5, 5.41) is 7.30. The van der Waals surface area contributed by atoms with Crippen LogP contribution in [-0.2, 0) is 4.84 Å². The van der Waals surface area contributed by atoms with E-state index in [4.69, 9.17) is 22.2 Å². The second-order valence-corrected chi connectivity index (χ2v) is 4.37. The van der Waals surface area contributed by atoms with E-state index in [-0.39, 0.29) is 5.92 Å². The van der Waals surface area contributed by atoms with Crippen molar-refractivity contribution in [3.05, 3.63) is 35.9 Å². The van der Waals surface area contributed by atoms with Crippen molar-refractivity contribution in [2.24, 2.45) is 16.8 Å². The summed E-state index contributed by atoms with van der Waals surface area (Å²) in [6.07, 6.45) is 0. The van der Waals surface area contributed by atoms with Gasteiger partial charge in [-0.25, -0.2) is 0 Å². The van der Waals surface area contributed by atoms with Gasteiger partial charge >= 0.3 is 0 Å². The molecule has 17 heavy (non-hydrogen) atoms. The summed E-state index contributed by atoms with van der Waals surface area (Å²) in [6.45, 7) is 2.16. The SMILES string of the molecule is NCC1CNCC1=NOC(Cl)c1ccccc1. The molecule has 1 aliphatic heterocycles. The lowest BCUT2D eigenvalue weighted by Crippen LogP contribution is -2.22. The molecule has 1 aliphatic rings. The minimum absolute atomic E-state index is 0.259. The number of oxime groups is 1. The highest BCUT2D eigenvalue weighted by Gasteiger charge is 2.21. The van der Waals surface area contributed by atoms with Crippen LogP contribution in [0.1, 0.15) is 11.1 Å². The topological polar surface area (TPSA) is 59.6 Å². The van der Waals surface area contributed by atoms with Crippen molar-refractivity contribution >= 4 is 17.3 Å². The van der Waals surface area contributed by atoms with Gasteiger partial charge in [0.1, 0.15) is 0 Å². The number of nitrogens with two attached hydrogens (primary N) is 1. The Kier molecular flexibility index (Phi) is 4.36. The summed E-state index contributed by atoms with van der Waals surface area (Å²) in [5.74, 6) is 0.259. The lowest BCUT2D eigenvalue weighted by atomic mass is 10.1. The molecule has 4 nitrogen and oxygen atoms in total. The Labute approximate surface area is 106 Å². The Bertz CT molecular complexity index is 383. The van der Waals surface area contributed by atoms with E-state index in [0.717, 1.165) is 24.4 Å². The predicted molar refractivity (Wildman–Crippen MR) is 69.0 cm³/mol. The summed E-state index contributed by atoms with van der Waals surface area (Å²) < 4.78 is 0. The average Bonchev–Trinajstić information content (AvgIpc) is 2.84. The fourth-order valence-electron chi connectivity index (χ4n) is 1.74. The van der Waals surface area contributed by atoms with Crippen LogP contribution in [0.3, 0.4) is 0 Å². The van der Waals surface area contributed by atoms with E-state index >= 15 is 0 Å². The molecular weight excluding hydrogens is 238 g/mol. The summed E-state index contributed by atoms with van der Waals surface area (Å²) >= 11 is 6.09. The van der Waals surface area contributed by atoms with E-state index in [1.165, 1.54) is 0 Å². The molecule has 92 valence electrons. The first-order valence-electron chi connectivity index (χ1n) is 5.63. The van der Waals surface area contributed by atoms with Crippen LogP contribution in [0.15, 0.2) is 35.5 Å². The van der Waals surface area contributed by atoms with Gasteiger partial charge < -0.3 is 15.9 Å². The molecule has 1 aromatic carbocycles. The van der Waals surface area contributed by atoms with Gasteiger partial charge in [-0.3, -0.25) is 0 Å². The molecule has 0 aromatic heterocycles. The maximum absolute atomic E-state index is 6.09. The van der Waals surface area contributed by atoms with Crippen LogP contribution in [0, 0.1) is 5.92 Å². The molecule has 0 bridgehead atoms. The molecule has 0 aliphatic carbocycles. The molecule has 2 atom stereocenters. The van der Waals surface area contributed by atoms with Gasteiger partial charge in [-0.1, -0.05) is 47.1 Å². The number of nitrogens with zero attached hydrogens (tertiary/aromatic N) is 1. The van der Waals surface area contributed by atoms with Gasteiger partial charge in [0.2, 0.25) is 5.56 Å². The van der Waals surface area contributed by atoms with Crippen molar-refractivity contribution < 1.29 is 4.84 Å². The molecular formula is C12H16ClN3O. The Balaban J connectivity index is 1.95. The molecule has 1 aromatic rings. The Morgan fingerprint density at radius 3 is 2.94 bits per heavy atom. The normalized spacial score (nSPS) is 23.9. The highest BCUT2D eigenvalue weighted by Crippen LogP contribution is 2.22. The summed E-state index contributed by atoms with van der Waals surface area (Å²) in [5.41, 5.74) is 6.92. The third-order valence-electron chi connectivity index (χ3n) is 2.78. The van der Waals surface area contributed by atoms with E-state index in [0.29, 0.717) is 6.54 Å². The lowest BCUT2D eigenvalue weighted by Gasteiger charge is -2.10. The van der Waals surface area contributed by atoms with Crippen LogP contribution in [0.2, 0.25) is 0 Å². The average molecular weight is 254 g/mol. The molecule has 0 radical (unpaired) electrons. The Morgan fingerprint density at radius 2 is 2.24 bits per heavy atom. The van der Waals surface area contributed by atoms with E-state index in [1.807, 2.05) is 30.3 Å². The van der Waals surface area contributed by atoms with Crippen molar-refractivity contribution in [3.63, 3.8) is 0 Å². The standard InChI is InChI=1S/C12H16ClN3O/c13-12(9-4-2-1-3-5-9)17-16-11-8-15-7-10(11)6-14/h1-5,10,12,15H,6-8,14H2. The lowest BCUT2D eigenvalue weighted by molar-refractivity contribution is 0.116. The molecule has 0 spiro atoms. The molecule has 0 amide bonds. The number of hydrogen-bond acceptors (Lipinski definition) is 4. The molecule has 1 heterocycles. The summed E-state index contributed by atoms with van der Waals surface area (Å²) in [7, 11) is 0. The van der Waals surface area contributed by atoms with Crippen LogP contribution < -0.4 is 11.1 Å². The number of benzene rings is 1. The second kappa shape index (κ2) is 6.00. The third kappa shape index (κ3) is 3.19. The highest BCUT2D eigenvalue weighted by molar-refractivity contribution is 6.19. The first-order valence-corrected chi connectivity index (χ1v) is 6.07. The number of halogens is 1. The maximum Gasteiger partial charge on any atom is 0.225 e. The fraction of sp³-hybridized carbons (Fsp3) is 0.417. The van der Waals surface area contributed by atoms with Crippen molar-refractivity contribution in [1.29, 1.82) is 0 Å². The highest BCUT2D eigenvalue weighted by atomic mass is 35.5. The second-order valence-electron chi connectivity index (χ2n) is 3.98. The van der Waals surface area contributed by atoms with Crippen molar-refractivity contribution in [3.8, 4) is 0 Å². The summed E-state index contributed by atoms with van der Waals surface area (Å²) in [6, 6.07) is 9.59. The fourth-order valence-corrected chi connectivity index (χ4v) is 1.93. The molecule has 2 unspecified atom stereocenters. The zero-order chi connectivity index (χ0) is 12.1. The van der Waals surface area contributed by atoms with Gasteiger partial charge in [0.05, 0.1) is 5.71 Å². The number of rotatable bonds is 4. The van der Waals surface area contributed by atoms with E-state index in [9.17, 15) is 0 Å². The first kappa shape index (κ1) is 12.4. The largest absolute Gasteiger partial charge is 0.371 e. The maximum atomic E-state index is 6.09. The molecule has 3 N–H and O–H groups in total. The Hall–Kier alpha value is -1.10. The van der Waals surface area contributed by atoms with E-state index in [2.05, 4.69) is 10.5 Å². The quantitative estimate of drug-likeness (QED) is 0.631. The third-order valence-corrected chi connectivity index (χ3v) is 3.11. The zero-order valence-electron chi connectivity index (χ0n) is 9.47. The van der Waals surface area contributed by atoms with Crippen molar-refractivity contribution in [2.75, 3.05) is 19.6 Å². The van der Waals surface area contributed by atoms with Gasteiger partial charge in [0.25, 0.3) is 0 Å². The monoisotopic (exact) mass is 253 g/mol. The van der Waals surface area contributed by atoms with Gasteiger partial charge in [-0.15, -0.1) is 0 Å². The summed E-state index contributed by atoms with van der Waals surface area (Å²) in [4.78, 5) is 5.30. The van der Waals surface area contributed by atoms with Crippen LogP contribution in [-0.4, -0.2) is 25.3 Å². The molecule has 1 fully saturated rings. The van der Waals surface area contributed by atoms with Gasteiger partial charge in [0.15, 0.2) is 0 Å². The number of hydrogen-bond donors (Lipinski definition) is 2. The number of nitrogens with one attached hydrogen (secondary N) is 1. The minimum Gasteiger partial charge on any atom is -0.371 e. The first-order chi connectivity index (χ1) is 8.31. The van der Waals surface area contributed by atoms with Gasteiger partial charge in [-0.05, 0) is 0 Å². The molecule has 2 rings (SSSR count).